The average Bonchev–Trinajstić information content (AvgIpc) is 2.66. The van der Waals surface area contributed by atoms with Crippen LogP contribution in [-0.2, 0) is 4.74 Å². The number of pyridine rings is 1. The first-order chi connectivity index (χ1) is 12.6. The van der Waals surface area contributed by atoms with Gasteiger partial charge in [-0.2, -0.15) is 0 Å². The van der Waals surface area contributed by atoms with Crippen molar-refractivity contribution >= 4 is 11.4 Å². The van der Waals surface area contributed by atoms with Crippen molar-refractivity contribution in [1.82, 2.24) is 15.3 Å². The average molecular weight is 356 g/mol. The van der Waals surface area contributed by atoms with E-state index in [1.54, 1.807) is 24.7 Å². The van der Waals surface area contributed by atoms with Crippen LogP contribution in [0.5, 0.6) is 0 Å². The third-order valence-corrected chi connectivity index (χ3v) is 3.78. The summed E-state index contributed by atoms with van der Waals surface area (Å²) in [5, 5.41) is 11.5. The van der Waals surface area contributed by atoms with Crippen molar-refractivity contribution in [3.63, 3.8) is 0 Å². The van der Waals surface area contributed by atoms with Crippen LogP contribution in [0.1, 0.15) is 13.8 Å². The van der Waals surface area contributed by atoms with Crippen LogP contribution in [0.2, 0.25) is 0 Å². The molecule has 0 radical (unpaired) electrons. The normalized spacial score (nSPS) is 16.2. The summed E-state index contributed by atoms with van der Waals surface area (Å²) in [6, 6.07) is 3.77. The number of hydrogen-bond donors (Lipinski definition) is 4. The summed E-state index contributed by atoms with van der Waals surface area (Å²) in [5.41, 5.74) is 4.84. The maximum Gasteiger partial charge on any atom is 0.116 e. The van der Waals surface area contributed by atoms with Crippen LogP contribution in [0.25, 0.3) is 0 Å². The van der Waals surface area contributed by atoms with Crippen LogP contribution >= 0.6 is 0 Å². The van der Waals surface area contributed by atoms with Gasteiger partial charge in [0.1, 0.15) is 5.82 Å². The largest absolute Gasteiger partial charge is 0.378 e. The van der Waals surface area contributed by atoms with E-state index in [1.165, 1.54) is 0 Å². The number of ether oxygens (including phenoxy) is 1. The second-order valence-corrected chi connectivity index (χ2v) is 6.27. The molecule has 0 saturated carbocycles. The highest BCUT2D eigenvalue weighted by Crippen LogP contribution is 2.13. The zero-order chi connectivity index (χ0) is 18.8. The lowest BCUT2D eigenvalue weighted by atomic mass is 10.0. The summed E-state index contributed by atoms with van der Waals surface area (Å²) in [5.74, 6) is 6.82. The Morgan fingerprint density at radius 1 is 1.38 bits per heavy atom. The first kappa shape index (κ1) is 19.7. The van der Waals surface area contributed by atoms with Crippen molar-refractivity contribution < 1.29 is 4.74 Å². The fraction of sp³-hybridized carbons (Fsp3) is 0.368. The molecule has 1 saturated heterocycles. The first-order valence-electron chi connectivity index (χ1n) is 8.75. The minimum atomic E-state index is 0.310. The van der Waals surface area contributed by atoms with E-state index < -0.39 is 0 Å². The van der Waals surface area contributed by atoms with Gasteiger partial charge in [0.15, 0.2) is 0 Å². The lowest BCUT2D eigenvalue weighted by Crippen LogP contribution is -2.42. The van der Waals surface area contributed by atoms with Gasteiger partial charge < -0.3 is 25.8 Å². The molecule has 1 aliphatic heterocycles. The zero-order valence-electron chi connectivity index (χ0n) is 15.4. The number of nitrogens with zero attached hydrogens (tertiary/aromatic N) is 2. The lowest BCUT2D eigenvalue weighted by molar-refractivity contribution is 0.0503. The molecule has 0 amide bonds. The molecular weight excluding hydrogens is 328 g/mol. The summed E-state index contributed by atoms with van der Waals surface area (Å²) in [6.45, 7) is 7.07. The molecule has 0 unspecified atom stereocenters. The summed E-state index contributed by atoms with van der Waals surface area (Å²) in [4.78, 5) is 6.18. The molecular formula is C19H28N6O. The second-order valence-electron chi connectivity index (χ2n) is 6.27. The molecule has 0 aromatic carbocycles. The molecule has 26 heavy (non-hydrogen) atoms. The third-order valence-electron chi connectivity index (χ3n) is 3.78. The van der Waals surface area contributed by atoms with E-state index in [-0.39, 0.29) is 0 Å². The Labute approximate surface area is 155 Å². The Bertz CT molecular complexity index is 660. The molecule has 2 heterocycles. The van der Waals surface area contributed by atoms with Gasteiger partial charge in [0.05, 0.1) is 30.8 Å². The standard InChI is InChI=1S/C19H28N6O/c1-15(2)12-16(13-19(24-21)25-8-10-26-11-9-25)18(20)5-7-23-17-4-3-6-22-14-17/h3-7,12-15,20,23-24H,8-11,21H2,1-2H3/b7-5-,16-12+,19-13+,20-18?. The summed E-state index contributed by atoms with van der Waals surface area (Å²) >= 11 is 0. The molecule has 1 aliphatic rings. The van der Waals surface area contributed by atoms with E-state index in [0.29, 0.717) is 24.8 Å². The van der Waals surface area contributed by atoms with Crippen LogP contribution in [0.15, 0.2) is 60.3 Å². The minimum Gasteiger partial charge on any atom is -0.378 e. The van der Waals surface area contributed by atoms with E-state index in [9.17, 15) is 0 Å². The van der Waals surface area contributed by atoms with Gasteiger partial charge in [-0.25, -0.2) is 5.84 Å². The van der Waals surface area contributed by atoms with Crippen LogP contribution in [0.4, 0.5) is 5.69 Å². The molecule has 0 atom stereocenters. The van der Waals surface area contributed by atoms with Crippen molar-refractivity contribution in [3.8, 4) is 0 Å². The molecule has 1 aromatic rings. The van der Waals surface area contributed by atoms with Crippen molar-refractivity contribution in [2.75, 3.05) is 31.6 Å². The fourth-order valence-electron chi connectivity index (χ4n) is 2.52. The molecule has 7 nitrogen and oxygen atoms in total. The van der Waals surface area contributed by atoms with E-state index in [4.69, 9.17) is 16.0 Å². The monoisotopic (exact) mass is 356 g/mol. The number of hydrogen-bond acceptors (Lipinski definition) is 7. The predicted octanol–water partition coefficient (Wildman–Crippen LogP) is 2.25. The Morgan fingerprint density at radius 3 is 2.77 bits per heavy atom. The molecule has 0 spiro atoms. The van der Waals surface area contributed by atoms with Gasteiger partial charge >= 0.3 is 0 Å². The minimum absolute atomic E-state index is 0.310. The molecule has 0 aliphatic carbocycles. The number of nitrogens with two attached hydrogens (primary N) is 1. The smallest absolute Gasteiger partial charge is 0.116 e. The van der Waals surface area contributed by atoms with Crippen LogP contribution < -0.4 is 16.6 Å². The Balaban J connectivity index is 2.12. The maximum absolute atomic E-state index is 8.42. The Hall–Kier alpha value is -2.64. The molecule has 7 heteroatoms. The highest BCUT2D eigenvalue weighted by Gasteiger charge is 2.14. The molecule has 0 bridgehead atoms. The number of hydrazine groups is 1. The van der Waals surface area contributed by atoms with Gasteiger partial charge in [-0.15, -0.1) is 0 Å². The SMILES string of the molecule is CC(C)/C=C(\C=C(/NN)N1CCOCC1)C(=N)/C=C\Nc1cccnc1. The van der Waals surface area contributed by atoms with Gasteiger partial charge in [-0.05, 0) is 35.8 Å². The van der Waals surface area contributed by atoms with Gasteiger partial charge in [0.2, 0.25) is 0 Å². The predicted molar refractivity (Wildman–Crippen MR) is 105 cm³/mol. The second kappa shape index (κ2) is 10.4. The Morgan fingerprint density at radius 2 is 2.15 bits per heavy atom. The van der Waals surface area contributed by atoms with Gasteiger partial charge in [-0.3, -0.25) is 4.98 Å². The highest BCUT2D eigenvalue weighted by atomic mass is 16.5. The highest BCUT2D eigenvalue weighted by molar-refractivity contribution is 6.08. The van der Waals surface area contributed by atoms with Gasteiger partial charge in [0.25, 0.3) is 0 Å². The number of allylic oxidation sites excluding steroid dienone is 4. The Kier molecular flexibility index (Phi) is 7.85. The van der Waals surface area contributed by atoms with Gasteiger partial charge in [-0.1, -0.05) is 19.9 Å². The first-order valence-corrected chi connectivity index (χ1v) is 8.75. The number of rotatable bonds is 8. The topological polar surface area (TPSA) is 99.3 Å². The quantitative estimate of drug-likeness (QED) is 0.247. The number of anilines is 1. The number of aromatic nitrogens is 1. The van der Waals surface area contributed by atoms with E-state index in [1.807, 2.05) is 18.2 Å². The van der Waals surface area contributed by atoms with Crippen molar-refractivity contribution in [2.24, 2.45) is 11.8 Å². The van der Waals surface area contributed by atoms with E-state index in [0.717, 1.165) is 30.2 Å². The number of nitrogens with one attached hydrogen (secondary N) is 3. The van der Waals surface area contributed by atoms with Gasteiger partial charge in [0, 0.05) is 25.5 Å². The summed E-state index contributed by atoms with van der Waals surface area (Å²) < 4.78 is 5.39. The van der Waals surface area contributed by atoms with Crippen molar-refractivity contribution in [2.45, 2.75) is 13.8 Å². The molecule has 5 N–H and O–H groups in total. The van der Waals surface area contributed by atoms with E-state index in [2.05, 4.69) is 40.5 Å². The molecule has 2 rings (SSSR count). The fourth-order valence-corrected chi connectivity index (χ4v) is 2.52. The van der Waals surface area contributed by atoms with Crippen LogP contribution in [0, 0.1) is 11.3 Å². The van der Waals surface area contributed by atoms with Crippen molar-refractivity contribution in [3.05, 3.63) is 60.3 Å². The molecule has 1 aromatic heterocycles. The molecule has 140 valence electrons. The van der Waals surface area contributed by atoms with Crippen LogP contribution in [0.3, 0.4) is 0 Å². The van der Waals surface area contributed by atoms with E-state index >= 15 is 0 Å². The number of morpholine rings is 1. The summed E-state index contributed by atoms with van der Waals surface area (Å²) in [6.07, 6.45) is 10.9. The molecule has 1 fully saturated rings. The third kappa shape index (κ3) is 6.34. The summed E-state index contributed by atoms with van der Waals surface area (Å²) in [7, 11) is 0. The zero-order valence-corrected chi connectivity index (χ0v) is 15.4. The van der Waals surface area contributed by atoms with Crippen LogP contribution in [-0.4, -0.2) is 41.9 Å². The lowest BCUT2D eigenvalue weighted by Gasteiger charge is -2.30. The van der Waals surface area contributed by atoms with Crippen molar-refractivity contribution in [1.29, 1.82) is 5.41 Å². The maximum atomic E-state index is 8.42.